The van der Waals surface area contributed by atoms with Crippen molar-refractivity contribution in [1.82, 2.24) is 4.90 Å². The van der Waals surface area contributed by atoms with Crippen LogP contribution in [0.3, 0.4) is 0 Å². The maximum atomic E-state index is 10.7. The van der Waals surface area contributed by atoms with E-state index in [9.17, 15) is 4.79 Å². The van der Waals surface area contributed by atoms with E-state index in [1.54, 1.807) is 0 Å². The van der Waals surface area contributed by atoms with Gasteiger partial charge in [-0.2, -0.15) is 0 Å². The summed E-state index contributed by atoms with van der Waals surface area (Å²) in [7, 11) is 0. The number of carboxylic acids is 1. The number of aryl methyl sites for hydroxylation is 1. The van der Waals surface area contributed by atoms with E-state index in [0.717, 1.165) is 13.0 Å². The van der Waals surface area contributed by atoms with Crippen molar-refractivity contribution in [2.45, 2.75) is 38.6 Å². The summed E-state index contributed by atoms with van der Waals surface area (Å²) in [5.74, 6) is -0.704. The van der Waals surface area contributed by atoms with E-state index < -0.39 is 5.97 Å². The van der Waals surface area contributed by atoms with Crippen LogP contribution in [-0.4, -0.2) is 29.1 Å². The van der Waals surface area contributed by atoms with Crippen molar-refractivity contribution in [1.29, 1.82) is 0 Å². The quantitative estimate of drug-likeness (QED) is 0.877. The summed E-state index contributed by atoms with van der Waals surface area (Å²) >= 11 is 1.84. The number of thiophene rings is 1. The first-order valence-electron chi connectivity index (χ1n) is 6.24. The maximum absolute atomic E-state index is 10.7. The molecule has 1 aromatic rings. The molecule has 94 valence electrons. The van der Waals surface area contributed by atoms with Crippen molar-refractivity contribution in [2.24, 2.45) is 0 Å². The van der Waals surface area contributed by atoms with E-state index in [2.05, 4.69) is 23.3 Å². The molecule has 2 rings (SSSR count). The lowest BCUT2D eigenvalue weighted by atomic mass is 9.92. The van der Waals surface area contributed by atoms with Gasteiger partial charge in [-0.25, -0.2) is 0 Å². The molecule has 0 saturated carbocycles. The molecule has 0 spiro atoms. The van der Waals surface area contributed by atoms with Crippen LogP contribution in [0.1, 0.15) is 42.7 Å². The molecule has 3 nitrogen and oxygen atoms in total. The van der Waals surface area contributed by atoms with Gasteiger partial charge in [0.05, 0.1) is 6.42 Å². The number of hydrogen-bond donors (Lipinski definition) is 1. The van der Waals surface area contributed by atoms with Crippen LogP contribution < -0.4 is 0 Å². The molecule has 1 unspecified atom stereocenters. The zero-order valence-corrected chi connectivity index (χ0v) is 11.0. The van der Waals surface area contributed by atoms with Crippen LogP contribution in [0.2, 0.25) is 0 Å². The summed E-state index contributed by atoms with van der Waals surface area (Å²) in [6.45, 7) is 3.70. The van der Waals surface area contributed by atoms with Gasteiger partial charge in [0.2, 0.25) is 0 Å². The normalized spacial score (nSPS) is 19.3. The first kappa shape index (κ1) is 12.6. The minimum absolute atomic E-state index is 0.240. The molecule has 1 aliphatic carbocycles. The van der Waals surface area contributed by atoms with Crippen LogP contribution in [0.25, 0.3) is 0 Å². The summed E-state index contributed by atoms with van der Waals surface area (Å²) < 4.78 is 0. The highest BCUT2D eigenvalue weighted by molar-refractivity contribution is 7.10. The Kier molecular flexibility index (Phi) is 4.18. The second-order valence-corrected chi connectivity index (χ2v) is 5.48. The molecule has 1 aromatic heterocycles. The van der Waals surface area contributed by atoms with Gasteiger partial charge in [0, 0.05) is 17.5 Å². The minimum Gasteiger partial charge on any atom is -0.481 e. The van der Waals surface area contributed by atoms with Crippen LogP contribution in [0.5, 0.6) is 0 Å². The van der Waals surface area contributed by atoms with E-state index in [1.165, 1.54) is 23.3 Å². The first-order valence-corrected chi connectivity index (χ1v) is 7.12. The number of carboxylic acid groups (broad SMARTS) is 1. The molecule has 0 radical (unpaired) electrons. The smallest absolute Gasteiger partial charge is 0.304 e. The molecule has 1 heterocycles. The average molecular weight is 253 g/mol. The van der Waals surface area contributed by atoms with Crippen molar-refractivity contribution < 1.29 is 9.90 Å². The summed E-state index contributed by atoms with van der Waals surface area (Å²) in [6.07, 6.45) is 3.82. The van der Waals surface area contributed by atoms with Crippen molar-refractivity contribution in [3.05, 3.63) is 21.9 Å². The molecule has 1 atom stereocenters. The second-order valence-electron chi connectivity index (χ2n) is 4.48. The lowest BCUT2D eigenvalue weighted by Crippen LogP contribution is -2.32. The van der Waals surface area contributed by atoms with Crippen molar-refractivity contribution in [3.63, 3.8) is 0 Å². The van der Waals surface area contributed by atoms with Crippen LogP contribution in [-0.2, 0) is 11.2 Å². The highest BCUT2D eigenvalue weighted by Crippen LogP contribution is 2.36. The third kappa shape index (κ3) is 2.87. The zero-order valence-electron chi connectivity index (χ0n) is 10.2. The SMILES string of the molecule is CCN(CCC(=O)O)C1CCCc2sccc21. The van der Waals surface area contributed by atoms with Gasteiger partial charge in [-0.3, -0.25) is 9.69 Å². The summed E-state index contributed by atoms with van der Waals surface area (Å²) in [5.41, 5.74) is 1.44. The van der Waals surface area contributed by atoms with E-state index >= 15 is 0 Å². The van der Waals surface area contributed by atoms with E-state index in [-0.39, 0.29) is 6.42 Å². The van der Waals surface area contributed by atoms with E-state index in [0.29, 0.717) is 12.6 Å². The highest BCUT2D eigenvalue weighted by atomic mass is 32.1. The van der Waals surface area contributed by atoms with Gasteiger partial charge in [0.15, 0.2) is 0 Å². The van der Waals surface area contributed by atoms with Crippen molar-refractivity contribution >= 4 is 17.3 Å². The number of hydrogen-bond acceptors (Lipinski definition) is 3. The number of nitrogens with zero attached hydrogens (tertiary/aromatic N) is 1. The highest BCUT2D eigenvalue weighted by Gasteiger charge is 2.25. The Morgan fingerprint density at radius 1 is 1.65 bits per heavy atom. The van der Waals surface area contributed by atoms with Crippen molar-refractivity contribution in [3.8, 4) is 0 Å². The lowest BCUT2D eigenvalue weighted by Gasteiger charge is -2.33. The standard InChI is InChI=1S/C13H19NO2S/c1-2-14(8-6-13(15)16)11-4-3-5-12-10(11)7-9-17-12/h7,9,11H,2-6,8H2,1H3,(H,15,16). The molecule has 0 bridgehead atoms. The first-order chi connectivity index (χ1) is 8.22. The Hall–Kier alpha value is -0.870. The van der Waals surface area contributed by atoms with E-state index in [1.807, 2.05) is 11.3 Å². The predicted molar refractivity (Wildman–Crippen MR) is 69.5 cm³/mol. The van der Waals surface area contributed by atoms with Crippen LogP contribution in [0.15, 0.2) is 11.4 Å². The van der Waals surface area contributed by atoms with Gasteiger partial charge < -0.3 is 5.11 Å². The fourth-order valence-corrected chi connectivity index (χ4v) is 3.60. The third-order valence-electron chi connectivity index (χ3n) is 3.48. The summed E-state index contributed by atoms with van der Waals surface area (Å²) in [6, 6.07) is 2.65. The van der Waals surface area contributed by atoms with Crippen LogP contribution >= 0.6 is 11.3 Å². The fraction of sp³-hybridized carbons (Fsp3) is 0.615. The lowest BCUT2D eigenvalue weighted by molar-refractivity contribution is -0.137. The molecule has 0 aromatic carbocycles. The number of fused-ring (bicyclic) bond motifs is 1. The van der Waals surface area contributed by atoms with Gasteiger partial charge in [-0.1, -0.05) is 6.92 Å². The Morgan fingerprint density at radius 3 is 3.18 bits per heavy atom. The molecule has 0 saturated heterocycles. The third-order valence-corrected chi connectivity index (χ3v) is 4.48. The van der Waals surface area contributed by atoms with Crippen molar-refractivity contribution in [2.75, 3.05) is 13.1 Å². The number of carbonyl (C=O) groups is 1. The Bertz CT molecular complexity index is 389. The van der Waals surface area contributed by atoms with Gasteiger partial charge >= 0.3 is 5.97 Å². The largest absolute Gasteiger partial charge is 0.481 e. The average Bonchev–Trinajstić information content (AvgIpc) is 2.78. The molecule has 17 heavy (non-hydrogen) atoms. The monoisotopic (exact) mass is 253 g/mol. The molecule has 0 fully saturated rings. The number of rotatable bonds is 5. The van der Waals surface area contributed by atoms with Gasteiger partial charge in [0.1, 0.15) is 0 Å². The second kappa shape index (κ2) is 5.65. The predicted octanol–water partition coefficient (Wildman–Crippen LogP) is 2.92. The Labute approximate surface area is 106 Å². The van der Waals surface area contributed by atoms with Gasteiger partial charge in [0.25, 0.3) is 0 Å². The Balaban J connectivity index is 2.08. The van der Waals surface area contributed by atoms with E-state index in [4.69, 9.17) is 5.11 Å². The zero-order chi connectivity index (χ0) is 12.3. The molecule has 0 amide bonds. The minimum atomic E-state index is -0.704. The Morgan fingerprint density at radius 2 is 2.47 bits per heavy atom. The molecule has 1 N–H and O–H groups in total. The number of aliphatic carboxylic acids is 1. The van der Waals surface area contributed by atoms with Crippen LogP contribution in [0.4, 0.5) is 0 Å². The van der Waals surface area contributed by atoms with Gasteiger partial charge in [-0.05, 0) is 42.8 Å². The topological polar surface area (TPSA) is 40.5 Å². The summed E-state index contributed by atoms with van der Waals surface area (Å²) in [5, 5.41) is 10.9. The van der Waals surface area contributed by atoms with Crippen LogP contribution in [0, 0.1) is 0 Å². The maximum Gasteiger partial charge on any atom is 0.304 e. The molecular weight excluding hydrogens is 234 g/mol. The fourth-order valence-electron chi connectivity index (χ4n) is 2.61. The van der Waals surface area contributed by atoms with Gasteiger partial charge in [-0.15, -0.1) is 11.3 Å². The molecule has 0 aliphatic heterocycles. The molecular formula is C13H19NO2S. The molecule has 4 heteroatoms. The molecule has 1 aliphatic rings. The summed E-state index contributed by atoms with van der Waals surface area (Å²) in [4.78, 5) is 14.5.